The molecule has 0 saturated carbocycles. The lowest BCUT2D eigenvalue weighted by atomic mass is 10.2. The van der Waals surface area contributed by atoms with Crippen LogP contribution in [0.15, 0.2) is 24.4 Å². The van der Waals surface area contributed by atoms with Crippen LogP contribution in [0.2, 0.25) is 0 Å². The molecule has 0 aliphatic carbocycles. The van der Waals surface area contributed by atoms with E-state index >= 15 is 0 Å². The molecule has 1 aromatic heterocycles. The van der Waals surface area contributed by atoms with Gasteiger partial charge in [-0.15, -0.1) is 0 Å². The van der Waals surface area contributed by atoms with Crippen molar-refractivity contribution >= 4 is 11.7 Å². The molecule has 1 aliphatic rings. The lowest BCUT2D eigenvalue weighted by molar-refractivity contribution is -0.174. The van der Waals surface area contributed by atoms with Crippen LogP contribution in [-0.4, -0.2) is 36.2 Å². The number of anilines is 1. The molecule has 0 radical (unpaired) electrons. The number of halogens is 3. The van der Waals surface area contributed by atoms with Gasteiger partial charge in [-0.2, -0.15) is 13.2 Å². The second-order valence-corrected chi connectivity index (χ2v) is 4.09. The highest BCUT2D eigenvalue weighted by Crippen LogP contribution is 2.19. The van der Waals surface area contributed by atoms with Crippen molar-refractivity contribution in [3.63, 3.8) is 0 Å². The molecule has 1 fully saturated rings. The van der Waals surface area contributed by atoms with Crippen molar-refractivity contribution in [2.24, 2.45) is 0 Å². The second kappa shape index (κ2) is 4.83. The van der Waals surface area contributed by atoms with Crippen LogP contribution in [0.3, 0.4) is 0 Å². The van der Waals surface area contributed by atoms with Crippen LogP contribution in [0, 0.1) is 0 Å². The number of pyridine rings is 1. The van der Waals surface area contributed by atoms with E-state index in [-0.39, 0.29) is 0 Å². The Morgan fingerprint density at radius 2 is 2.22 bits per heavy atom. The van der Waals surface area contributed by atoms with E-state index in [1.165, 1.54) is 0 Å². The van der Waals surface area contributed by atoms with Crippen LogP contribution in [0.25, 0.3) is 0 Å². The number of carbonyl (C=O) groups excluding carboxylic acids is 1. The average Bonchev–Trinajstić information content (AvgIpc) is 2.77. The number of rotatable bonds is 2. The number of aromatic nitrogens is 1. The number of alkyl halides is 3. The topological polar surface area (TPSA) is 45.2 Å². The standard InChI is InChI=1S/C11H12F3N3O/c12-11(13,14)10(18)16-8-4-6-17(7-8)9-3-1-2-5-15-9/h1-3,5,8H,4,6-7H2,(H,16,18). The lowest BCUT2D eigenvalue weighted by Crippen LogP contribution is -2.44. The van der Waals surface area contributed by atoms with Crippen LogP contribution >= 0.6 is 0 Å². The van der Waals surface area contributed by atoms with Crippen LogP contribution < -0.4 is 10.2 Å². The second-order valence-electron chi connectivity index (χ2n) is 4.09. The highest BCUT2D eigenvalue weighted by atomic mass is 19.4. The van der Waals surface area contributed by atoms with Gasteiger partial charge >= 0.3 is 12.1 Å². The maximum absolute atomic E-state index is 12.1. The first-order valence-corrected chi connectivity index (χ1v) is 5.50. The Kier molecular flexibility index (Phi) is 3.40. The molecule has 1 amide bonds. The molecule has 1 atom stereocenters. The highest BCUT2D eigenvalue weighted by Gasteiger charge is 2.40. The van der Waals surface area contributed by atoms with Gasteiger partial charge in [-0.25, -0.2) is 4.98 Å². The molecule has 0 aromatic carbocycles. The largest absolute Gasteiger partial charge is 0.471 e. The first-order valence-electron chi connectivity index (χ1n) is 5.50. The molecular weight excluding hydrogens is 247 g/mol. The van der Waals surface area contributed by atoms with E-state index in [4.69, 9.17) is 0 Å². The third-order valence-electron chi connectivity index (χ3n) is 2.75. The van der Waals surface area contributed by atoms with Gasteiger partial charge in [0.15, 0.2) is 0 Å². The SMILES string of the molecule is O=C(NC1CCN(c2ccccn2)C1)C(F)(F)F. The number of hydrogen-bond acceptors (Lipinski definition) is 3. The number of nitrogens with one attached hydrogen (secondary N) is 1. The van der Waals surface area contributed by atoms with Crippen LogP contribution in [0.5, 0.6) is 0 Å². The van der Waals surface area contributed by atoms with Gasteiger partial charge in [0.25, 0.3) is 0 Å². The van der Waals surface area contributed by atoms with Gasteiger partial charge in [0, 0.05) is 25.3 Å². The zero-order valence-electron chi connectivity index (χ0n) is 9.44. The molecule has 1 unspecified atom stereocenters. The van der Waals surface area contributed by atoms with Crippen molar-refractivity contribution in [2.45, 2.75) is 18.6 Å². The summed E-state index contributed by atoms with van der Waals surface area (Å²) < 4.78 is 36.3. The van der Waals surface area contributed by atoms with Gasteiger partial charge in [0.2, 0.25) is 0 Å². The number of hydrogen-bond donors (Lipinski definition) is 1. The van der Waals surface area contributed by atoms with Crippen molar-refractivity contribution in [2.75, 3.05) is 18.0 Å². The summed E-state index contributed by atoms with van der Waals surface area (Å²) in [6.07, 6.45) is -2.71. The zero-order chi connectivity index (χ0) is 13.2. The lowest BCUT2D eigenvalue weighted by Gasteiger charge is -2.18. The molecule has 4 nitrogen and oxygen atoms in total. The molecule has 1 saturated heterocycles. The van der Waals surface area contributed by atoms with Crippen LogP contribution in [0.1, 0.15) is 6.42 Å². The van der Waals surface area contributed by atoms with Crippen molar-refractivity contribution in [3.8, 4) is 0 Å². The van der Waals surface area contributed by atoms with E-state index in [0.717, 1.165) is 0 Å². The van der Waals surface area contributed by atoms with Gasteiger partial charge in [0.1, 0.15) is 5.82 Å². The minimum absolute atomic E-state index is 0.346. The third kappa shape index (κ3) is 2.91. The van der Waals surface area contributed by atoms with Gasteiger partial charge in [-0.1, -0.05) is 6.07 Å². The quantitative estimate of drug-likeness (QED) is 0.871. The summed E-state index contributed by atoms with van der Waals surface area (Å²) in [6.45, 7) is 0.929. The van der Waals surface area contributed by atoms with E-state index in [1.54, 1.807) is 18.3 Å². The van der Waals surface area contributed by atoms with Crippen LogP contribution in [-0.2, 0) is 4.79 Å². The maximum Gasteiger partial charge on any atom is 0.471 e. The Hall–Kier alpha value is -1.79. The van der Waals surface area contributed by atoms with Gasteiger partial charge < -0.3 is 10.2 Å². The molecule has 0 spiro atoms. The Morgan fingerprint density at radius 3 is 2.83 bits per heavy atom. The fourth-order valence-electron chi connectivity index (χ4n) is 1.89. The molecule has 0 bridgehead atoms. The molecule has 98 valence electrons. The van der Waals surface area contributed by atoms with Crippen molar-refractivity contribution < 1.29 is 18.0 Å². The monoisotopic (exact) mass is 259 g/mol. The average molecular weight is 259 g/mol. The van der Waals surface area contributed by atoms with E-state index < -0.39 is 18.1 Å². The Bertz CT molecular complexity index is 421. The Morgan fingerprint density at radius 1 is 1.44 bits per heavy atom. The third-order valence-corrected chi connectivity index (χ3v) is 2.75. The summed E-state index contributed by atoms with van der Waals surface area (Å²) in [4.78, 5) is 16.8. The molecule has 2 rings (SSSR count). The fraction of sp³-hybridized carbons (Fsp3) is 0.455. The zero-order valence-corrected chi connectivity index (χ0v) is 9.44. The van der Waals surface area contributed by atoms with Gasteiger partial charge in [-0.05, 0) is 18.6 Å². The van der Waals surface area contributed by atoms with E-state index in [0.29, 0.717) is 25.3 Å². The van der Waals surface area contributed by atoms with E-state index in [2.05, 4.69) is 4.98 Å². The minimum Gasteiger partial charge on any atom is -0.354 e. The Labute approximate surface area is 102 Å². The van der Waals surface area contributed by atoms with Crippen molar-refractivity contribution in [1.29, 1.82) is 0 Å². The summed E-state index contributed by atoms with van der Waals surface area (Å²) >= 11 is 0. The summed E-state index contributed by atoms with van der Waals surface area (Å²) in [5, 5.41) is 1.99. The molecule has 1 aromatic rings. The summed E-state index contributed by atoms with van der Waals surface area (Å²) in [7, 11) is 0. The molecule has 18 heavy (non-hydrogen) atoms. The summed E-state index contributed by atoms with van der Waals surface area (Å²) in [6, 6.07) is 4.88. The smallest absolute Gasteiger partial charge is 0.354 e. The molecule has 1 N–H and O–H groups in total. The predicted octanol–water partition coefficient (Wildman–Crippen LogP) is 1.34. The molecule has 1 aliphatic heterocycles. The summed E-state index contributed by atoms with van der Waals surface area (Å²) in [5.74, 6) is -1.17. The summed E-state index contributed by atoms with van der Waals surface area (Å²) in [5.41, 5.74) is 0. The first-order chi connectivity index (χ1) is 8.47. The van der Waals surface area contributed by atoms with Crippen molar-refractivity contribution in [3.05, 3.63) is 24.4 Å². The van der Waals surface area contributed by atoms with Crippen molar-refractivity contribution in [1.82, 2.24) is 10.3 Å². The molecule has 7 heteroatoms. The number of nitrogens with zero attached hydrogens (tertiary/aromatic N) is 2. The maximum atomic E-state index is 12.1. The molecule has 2 heterocycles. The Balaban J connectivity index is 1.92. The first kappa shape index (κ1) is 12.7. The minimum atomic E-state index is -4.82. The predicted molar refractivity (Wildman–Crippen MR) is 59.1 cm³/mol. The van der Waals surface area contributed by atoms with Gasteiger partial charge in [-0.3, -0.25) is 4.79 Å². The fourth-order valence-corrected chi connectivity index (χ4v) is 1.89. The van der Waals surface area contributed by atoms with E-state index in [1.807, 2.05) is 16.3 Å². The molecular formula is C11H12F3N3O. The number of amides is 1. The van der Waals surface area contributed by atoms with E-state index in [9.17, 15) is 18.0 Å². The van der Waals surface area contributed by atoms with Gasteiger partial charge in [0.05, 0.1) is 0 Å². The number of carbonyl (C=O) groups is 1. The highest BCUT2D eigenvalue weighted by molar-refractivity contribution is 5.82. The van der Waals surface area contributed by atoms with Crippen LogP contribution in [0.4, 0.5) is 19.0 Å². The normalized spacial score (nSPS) is 19.9.